The third-order valence-electron chi connectivity index (χ3n) is 6.19. The molecular formula is C21H33N3O. The molecule has 25 heavy (non-hydrogen) atoms. The van der Waals surface area contributed by atoms with Crippen LogP contribution in [0.4, 0.5) is 5.69 Å². The summed E-state index contributed by atoms with van der Waals surface area (Å²) in [6, 6.07) is 8.93. The molecule has 2 atom stereocenters. The van der Waals surface area contributed by atoms with Gasteiger partial charge in [0.2, 0.25) is 5.91 Å². The maximum absolute atomic E-state index is 12.7. The number of hydrogen-bond acceptors (Lipinski definition) is 3. The van der Waals surface area contributed by atoms with Crippen LogP contribution < -0.4 is 11.1 Å². The van der Waals surface area contributed by atoms with Crippen LogP contribution >= 0.6 is 0 Å². The Bertz CT molecular complexity index is 568. The van der Waals surface area contributed by atoms with Crippen LogP contribution in [-0.2, 0) is 11.3 Å². The summed E-state index contributed by atoms with van der Waals surface area (Å²) < 4.78 is 0. The third kappa shape index (κ3) is 4.62. The van der Waals surface area contributed by atoms with E-state index in [4.69, 9.17) is 5.73 Å². The number of hydrogen-bond donors (Lipinski definition) is 2. The van der Waals surface area contributed by atoms with Crippen molar-refractivity contribution in [2.24, 2.45) is 17.6 Å². The molecule has 2 fully saturated rings. The molecule has 2 saturated carbocycles. The highest BCUT2D eigenvalue weighted by Crippen LogP contribution is 2.32. The molecule has 1 amide bonds. The SMILES string of the molecule is CN(Cc1ccccc1NC(=O)[C@@H]1CCC[C@@H]1CN)C1CCCCC1. The summed E-state index contributed by atoms with van der Waals surface area (Å²) in [6.07, 6.45) is 9.83. The van der Waals surface area contributed by atoms with E-state index >= 15 is 0 Å². The lowest BCUT2D eigenvalue weighted by atomic mass is 9.94. The molecule has 0 bridgehead atoms. The summed E-state index contributed by atoms with van der Waals surface area (Å²) in [5.41, 5.74) is 8.03. The molecule has 0 spiro atoms. The molecule has 2 aliphatic carbocycles. The molecule has 1 aromatic rings. The van der Waals surface area contributed by atoms with Gasteiger partial charge in [0, 0.05) is 24.2 Å². The first-order valence-corrected chi connectivity index (χ1v) is 9.98. The summed E-state index contributed by atoms with van der Waals surface area (Å²) in [5.74, 6) is 0.576. The fourth-order valence-corrected chi connectivity index (χ4v) is 4.59. The maximum atomic E-state index is 12.7. The highest BCUT2D eigenvalue weighted by molar-refractivity contribution is 5.93. The highest BCUT2D eigenvalue weighted by Gasteiger charge is 2.32. The monoisotopic (exact) mass is 343 g/mol. The first-order valence-electron chi connectivity index (χ1n) is 9.98. The van der Waals surface area contributed by atoms with Crippen molar-refractivity contribution in [1.82, 2.24) is 4.90 Å². The Balaban J connectivity index is 1.65. The Labute approximate surface area is 152 Å². The molecule has 3 N–H and O–H groups in total. The van der Waals surface area contributed by atoms with Crippen molar-refractivity contribution < 1.29 is 4.79 Å². The second kappa shape index (κ2) is 8.81. The van der Waals surface area contributed by atoms with Gasteiger partial charge in [-0.25, -0.2) is 0 Å². The number of carbonyl (C=O) groups excluding carboxylic acids is 1. The predicted octanol–water partition coefficient (Wildman–Crippen LogP) is 3.76. The van der Waals surface area contributed by atoms with E-state index in [0.717, 1.165) is 31.5 Å². The van der Waals surface area contributed by atoms with Crippen molar-refractivity contribution in [2.75, 3.05) is 18.9 Å². The lowest BCUT2D eigenvalue weighted by Gasteiger charge is -2.31. The van der Waals surface area contributed by atoms with Crippen LogP contribution in [0, 0.1) is 11.8 Å². The van der Waals surface area contributed by atoms with E-state index in [0.29, 0.717) is 18.5 Å². The molecule has 3 rings (SSSR count). The topological polar surface area (TPSA) is 58.4 Å². The Kier molecular flexibility index (Phi) is 6.49. The molecule has 4 heteroatoms. The van der Waals surface area contributed by atoms with Gasteiger partial charge in [0.25, 0.3) is 0 Å². The maximum Gasteiger partial charge on any atom is 0.227 e. The Morgan fingerprint density at radius 1 is 1.12 bits per heavy atom. The van der Waals surface area contributed by atoms with E-state index in [9.17, 15) is 4.79 Å². The fraction of sp³-hybridized carbons (Fsp3) is 0.667. The fourth-order valence-electron chi connectivity index (χ4n) is 4.59. The lowest BCUT2D eigenvalue weighted by molar-refractivity contribution is -0.120. The van der Waals surface area contributed by atoms with Crippen LogP contribution in [-0.4, -0.2) is 30.4 Å². The average Bonchev–Trinajstić information content (AvgIpc) is 3.13. The van der Waals surface area contributed by atoms with Gasteiger partial charge < -0.3 is 11.1 Å². The molecule has 2 aliphatic rings. The largest absolute Gasteiger partial charge is 0.330 e. The minimum absolute atomic E-state index is 0.0779. The van der Waals surface area contributed by atoms with Gasteiger partial charge in [-0.1, -0.05) is 43.9 Å². The number of nitrogens with two attached hydrogens (primary N) is 1. The lowest BCUT2D eigenvalue weighted by Crippen LogP contribution is -2.33. The molecule has 1 aromatic carbocycles. The van der Waals surface area contributed by atoms with Gasteiger partial charge in [-0.05, 0) is 56.8 Å². The zero-order valence-corrected chi connectivity index (χ0v) is 15.5. The number of rotatable bonds is 6. The standard InChI is InChI=1S/C21H33N3O/c1-24(18-10-3-2-4-11-18)15-17-8-5-6-13-20(17)23-21(25)19-12-7-9-16(19)14-22/h5-6,8,13,16,18-19H,2-4,7,9-12,14-15,22H2,1H3,(H,23,25)/t16-,19-/m1/s1. The molecule has 0 heterocycles. The number of anilines is 1. The van der Waals surface area contributed by atoms with Crippen LogP contribution in [0.25, 0.3) is 0 Å². The minimum atomic E-state index is 0.0779. The van der Waals surface area contributed by atoms with Crippen molar-refractivity contribution in [3.05, 3.63) is 29.8 Å². The van der Waals surface area contributed by atoms with Gasteiger partial charge in [0.1, 0.15) is 0 Å². The van der Waals surface area contributed by atoms with E-state index < -0.39 is 0 Å². The molecule has 0 radical (unpaired) electrons. The summed E-state index contributed by atoms with van der Waals surface area (Å²) in [6.45, 7) is 1.51. The number of para-hydroxylation sites is 1. The van der Waals surface area contributed by atoms with Crippen LogP contribution in [0.1, 0.15) is 56.9 Å². The van der Waals surface area contributed by atoms with Gasteiger partial charge in [0.15, 0.2) is 0 Å². The van der Waals surface area contributed by atoms with Crippen molar-refractivity contribution in [2.45, 2.75) is 64.0 Å². The molecule has 4 nitrogen and oxygen atoms in total. The van der Waals surface area contributed by atoms with Crippen LogP contribution in [0.15, 0.2) is 24.3 Å². The van der Waals surface area contributed by atoms with Crippen molar-refractivity contribution >= 4 is 11.6 Å². The van der Waals surface area contributed by atoms with E-state index in [1.165, 1.54) is 37.7 Å². The van der Waals surface area contributed by atoms with Gasteiger partial charge in [0.05, 0.1) is 0 Å². The highest BCUT2D eigenvalue weighted by atomic mass is 16.1. The molecule has 0 aliphatic heterocycles. The Morgan fingerprint density at radius 2 is 1.88 bits per heavy atom. The zero-order chi connectivity index (χ0) is 17.6. The zero-order valence-electron chi connectivity index (χ0n) is 15.5. The molecule has 138 valence electrons. The van der Waals surface area contributed by atoms with Crippen molar-refractivity contribution in [1.29, 1.82) is 0 Å². The Hall–Kier alpha value is -1.39. The number of nitrogens with zero attached hydrogens (tertiary/aromatic N) is 1. The first-order chi connectivity index (χ1) is 12.2. The number of amides is 1. The molecule has 0 saturated heterocycles. The van der Waals surface area contributed by atoms with Gasteiger partial charge in [-0.3, -0.25) is 9.69 Å². The van der Waals surface area contributed by atoms with Gasteiger partial charge in [-0.15, -0.1) is 0 Å². The van der Waals surface area contributed by atoms with E-state index in [1.807, 2.05) is 12.1 Å². The quantitative estimate of drug-likeness (QED) is 0.827. The van der Waals surface area contributed by atoms with Crippen molar-refractivity contribution in [3.63, 3.8) is 0 Å². The smallest absolute Gasteiger partial charge is 0.227 e. The van der Waals surface area contributed by atoms with Gasteiger partial charge >= 0.3 is 0 Å². The summed E-state index contributed by atoms with van der Waals surface area (Å²) in [4.78, 5) is 15.2. The van der Waals surface area contributed by atoms with Gasteiger partial charge in [-0.2, -0.15) is 0 Å². The molecular weight excluding hydrogens is 310 g/mol. The normalized spacial score (nSPS) is 24.6. The second-order valence-electron chi connectivity index (χ2n) is 7.89. The van der Waals surface area contributed by atoms with E-state index in [1.54, 1.807) is 0 Å². The average molecular weight is 344 g/mol. The van der Waals surface area contributed by atoms with Crippen LogP contribution in [0.2, 0.25) is 0 Å². The van der Waals surface area contributed by atoms with Crippen LogP contribution in [0.5, 0.6) is 0 Å². The van der Waals surface area contributed by atoms with E-state index in [-0.39, 0.29) is 11.8 Å². The summed E-state index contributed by atoms with van der Waals surface area (Å²) >= 11 is 0. The summed E-state index contributed by atoms with van der Waals surface area (Å²) in [5, 5.41) is 3.20. The molecule has 0 unspecified atom stereocenters. The predicted molar refractivity (Wildman–Crippen MR) is 103 cm³/mol. The number of benzene rings is 1. The Morgan fingerprint density at radius 3 is 2.64 bits per heavy atom. The first kappa shape index (κ1) is 18.4. The number of carbonyl (C=O) groups is 1. The third-order valence-corrected chi connectivity index (χ3v) is 6.19. The van der Waals surface area contributed by atoms with E-state index in [2.05, 4.69) is 29.4 Å². The molecule has 0 aromatic heterocycles. The van der Waals surface area contributed by atoms with Crippen molar-refractivity contribution in [3.8, 4) is 0 Å². The minimum Gasteiger partial charge on any atom is -0.330 e. The van der Waals surface area contributed by atoms with Crippen LogP contribution in [0.3, 0.4) is 0 Å². The number of nitrogens with one attached hydrogen (secondary N) is 1. The second-order valence-corrected chi connectivity index (χ2v) is 7.89. The summed E-state index contributed by atoms with van der Waals surface area (Å²) in [7, 11) is 2.22.